The second-order valence-electron chi connectivity index (χ2n) is 6.49. The van der Waals surface area contributed by atoms with Gasteiger partial charge in [-0.25, -0.2) is 0 Å². The van der Waals surface area contributed by atoms with Gasteiger partial charge < -0.3 is 19.1 Å². The first kappa shape index (κ1) is 17.5. The normalized spacial score (nSPS) is 28.1. The number of carbonyl (C=O) groups is 1. The molecule has 2 saturated heterocycles. The average molecular weight is 383 g/mol. The Labute approximate surface area is 152 Å². The van der Waals surface area contributed by atoms with Crippen LogP contribution in [0.2, 0.25) is 0 Å². The monoisotopic (exact) mass is 383 g/mol. The largest absolute Gasteiger partial charge is 0.454 e. The van der Waals surface area contributed by atoms with Crippen LogP contribution in [0.25, 0.3) is 0 Å². The molecule has 4 rings (SSSR count). The molecule has 0 aliphatic carbocycles. The molecule has 0 radical (unpaired) electrons. The third-order valence-corrected chi connectivity index (χ3v) is 6.57. The molecule has 3 aliphatic rings. The minimum atomic E-state index is -3.77. The number of nitrogens with zero attached hydrogens (tertiary/aromatic N) is 2. The van der Waals surface area contributed by atoms with Crippen LogP contribution in [-0.4, -0.2) is 69.7 Å². The van der Waals surface area contributed by atoms with Gasteiger partial charge >= 0.3 is 0 Å². The smallest absolute Gasteiger partial charge is 0.280 e. The summed E-state index contributed by atoms with van der Waals surface area (Å²) in [4.78, 5) is 14.6. The molecule has 0 spiro atoms. The lowest BCUT2D eigenvalue weighted by atomic mass is 9.98. The van der Waals surface area contributed by atoms with Crippen LogP contribution < -0.4 is 14.2 Å². The summed E-state index contributed by atoms with van der Waals surface area (Å²) in [6.07, 6.45) is 0.339. The van der Waals surface area contributed by atoms with Gasteiger partial charge in [-0.05, 0) is 24.1 Å². The maximum Gasteiger partial charge on any atom is 0.280 e. The number of benzene rings is 1. The van der Waals surface area contributed by atoms with E-state index < -0.39 is 22.3 Å². The molecule has 0 saturated carbocycles. The molecule has 1 amide bonds. The van der Waals surface area contributed by atoms with Crippen LogP contribution in [0, 0.1) is 0 Å². The van der Waals surface area contributed by atoms with Crippen LogP contribution in [0.3, 0.4) is 0 Å². The first-order chi connectivity index (χ1) is 12.5. The lowest BCUT2D eigenvalue weighted by Gasteiger charge is -2.39. The van der Waals surface area contributed by atoms with Crippen LogP contribution >= 0.6 is 0 Å². The Morgan fingerprint density at radius 2 is 1.92 bits per heavy atom. The summed E-state index contributed by atoms with van der Waals surface area (Å²) in [6.45, 7) is 2.05. The van der Waals surface area contributed by atoms with Gasteiger partial charge in [0.2, 0.25) is 12.7 Å². The number of carbonyl (C=O) groups excluding carboxylic acids is 1. The van der Waals surface area contributed by atoms with Gasteiger partial charge in [-0.15, -0.1) is 0 Å². The predicted molar refractivity (Wildman–Crippen MR) is 90.9 cm³/mol. The Kier molecular flexibility index (Phi) is 4.51. The molecule has 2 atom stereocenters. The zero-order valence-corrected chi connectivity index (χ0v) is 15.2. The molecule has 1 aromatic carbocycles. The lowest BCUT2D eigenvalue weighted by molar-refractivity contribution is -0.139. The van der Waals surface area contributed by atoms with Crippen molar-refractivity contribution in [2.75, 3.05) is 40.1 Å². The molecule has 3 aliphatic heterocycles. The van der Waals surface area contributed by atoms with Crippen molar-refractivity contribution in [2.45, 2.75) is 18.5 Å². The van der Waals surface area contributed by atoms with Crippen molar-refractivity contribution < 1.29 is 27.4 Å². The molecule has 9 nitrogen and oxygen atoms in total. The highest BCUT2D eigenvalue weighted by Crippen LogP contribution is 2.37. The Morgan fingerprint density at radius 3 is 2.69 bits per heavy atom. The Bertz CT molecular complexity index is 808. The van der Waals surface area contributed by atoms with Crippen molar-refractivity contribution in [1.82, 2.24) is 13.9 Å². The van der Waals surface area contributed by atoms with E-state index in [4.69, 9.17) is 14.2 Å². The Balaban J connectivity index is 1.60. The van der Waals surface area contributed by atoms with Gasteiger partial charge in [0.15, 0.2) is 11.5 Å². The molecule has 3 heterocycles. The van der Waals surface area contributed by atoms with Gasteiger partial charge in [0.25, 0.3) is 10.2 Å². The number of rotatable bonds is 2. The molecule has 1 aromatic rings. The highest BCUT2D eigenvalue weighted by Gasteiger charge is 2.42. The molecule has 0 bridgehead atoms. The summed E-state index contributed by atoms with van der Waals surface area (Å²) in [5.41, 5.74) is 0.741. The Hall–Kier alpha value is -1.88. The highest BCUT2D eigenvalue weighted by molar-refractivity contribution is 7.87. The zero-order valence-electron chi connectivity index (χ0n) is 14.4. The third-order valence-electron chi connectivity index (χ3n) is 4.98. The topological polar surface area (TPSA) is 97.4 Å². The van der Waals surface area contributed by atoms with Crippen molar-refractivity contribution in [1.29, 1.82) is 0 Å². The number of hydrogen-bond acceptors (Lipinski definition) is 6. The first-order valence-corrected chi connectivity index (χ1v) is 9.91. The predicted octanol–water partition coefficient (Wildman–Crippen LogP) is -0.146. The van der Waals surface area contributed by atoms with Gasteiger partial charge in [-0.2, -0.15) is 17.4 Å². The molecule has 1 N–H and O–H groups in total. The van der Waals surface area contributed by atoms with E-state index in [1.165, 1.54) is 7.05 Å². The number of morpholine rings is 1. The van der Waals surface area contributed by atoms with E-state index in [1.807, 2.05) is 0 Å². The summed E-state index contributed by atoms with van der Waals surface area (Å²) < 4.78 is 44.8. The summed E-state index contributed by atoms with van der Waals surface area (Å²) in [5, 5.41) is 0. The van der Waals surface area contributed by atoms with Crippen LogP contribution in [0.4, 0.5) is 0 Å². The number of nitrogens with one attached hydrogen (secondary N) is 1. The van der Waals surface area contributed by atoms with Crippen molar-refractivity contribution in [3.05, 3.63) is 23.8 Å². The lowest BCUT2D eigenvalue weighted by Crippen LogP contribution is -2.58. The maximum absolute atomic E-state index is 12.9. The fourth-order valence-electron chi connectivity index (χ4n) is 3.44. The van der Waals surface area contributed by atoms with E-state index in [2.05, 4.69) is 4.72 Å². The number of likely N-dealkylation sites (N-methyl/N-ethyl adjacent to an activating group) is 1. The number of hydrogen-bond donors (Lipinski definition) is 1. The molecular weight excluding hydrogens is 362 g/mol. The van der Waals surface area contributed by atoms with Crippen LogP contribution in [-0.2, 0) is 19.7 Å². The number of ether oxygens (including phenoxy) is 3. The van der Waals surface area contributed by atoms with E-state index in [0.29, 0.717) is 44.2 Å². The molecule has 2 fully saturated rings. The maximum atomic E-state index is 12.9. The SMILES string of the molecule is CN1C(C(=O)N2CCOCC2)CC(c2ccc3c(c2)OCO3)NS1(=O)=O. The summed E-state index contributed by atoms with van der Waals surface area (Å²) in [6, 6.07) is 4.04. The van der Waals surface area contributed by atoms with Crippen molar-refractivity contribution in [3.63, 3.8) is 0 Å². The second kappa shape index (κ2) is 6.69. The summed E-state index contributed by atoms with van der Waals surface area (Å²) in [7, 11) is -2.34. The third kappa shape index (κ3) is 3.13. The molecular formula is C16H21N3O6S. The van der Waals surface area contributed by atoms with E-state index in [0.717, 1.165) is 9.87 Å². The molecule has 2 unspecified atom stereocenters. The van der Waals surface area contributed by atoms with Gasteiger partial charge in [0, 0.05) is 20.1 Å². The van der Waals surface area contributed by atoms with Gasteiger partial charge in [-0.1, -0.05) is 6.07 Å². The fourth-order valence-corrected chi connectivity index (χ4v) is 4.70. The number of fused-ring (bicyclic) bond motifs is 1. The van der Waals surface area contributed by atoms with Crippen LogP contribution in [0.1, 0.15) is 18.0 Å². The molecule has 10 heteroatoms. The van der Waals surface area contributed by atoms with Crippen molar-refractivity contribution in [2.24, 2.45) is 0 Å². The zero-order chi connectivity index (χ0) is 18.3. The van der Waals surface area contributed by atoms with E-state index in [-0.39, 0.29) is 12.7 Å². The molecule has 142 valence electrons. The van der Waals surface area contributed by atoms with E-state index in [9.17, 15) is 13.2 Å². The minimum absolute atomic E-state index is 0.149. The molecule has 26 heavy (non-hydrogen) atoms. The van der Waals surface area contributed by atoms with Gasteiger partial charge in [0.1, 0.15) is 6.04 Å². The fraction of sp³-hybridized carbons (Fsp3) is 0.562. The minimum Gasteiger partial charge on any atom is -0.454 e. The van der Waals surface area contributed by atoms with Crippen molar-refractivity contribution in [3.8, 4) is 11.5 Å². The summed E-state index contributed by atoms with van der Waals surface area (Å²) in [5.74, 6) is 1.02. The van der Waals surface area contributed by atoms with Gasteiger partial charge in [-0.3, -0.25) is 4.79 Å². The van der Waals surface area contributed by atoms with Crippen molar-refractivity contribution >= 4 is 16.1 Å². The number of amides is 1. The van der Waals surface area contributed by atoms with Gasteiger partial charge in [0.05, 0.1) is 19.3 Å². The van der Waals surface area contributed by atoms with Crippen LogP contribution in [0.5, 0.6) is 11.5 Å². The quantitative estimate of drug-likeness (QED) is 0.763. The van der Waals surface area contributed by atoms with Crippen LogP contribution in [0.15, 0.2) is 18.2 Å². The summed E-state index contributed by atoms with van der Waals surface area (Å²) >= 11 is 0. The Morgan fingerprint density at radius 1 is 1.19 bits per heavy atom. The standard InChI is InChI=1S/C16H21N3O6S/c1-18-13(16(20)19-4-6-23-7-5-19)9-12(17-26(18,21)22)11-2-3-14-15(8-11)25-10-24-14/h2-3,8,12-13,17H,4-7,9-10H2,1H3. The first-order valence-electron chi connectivity index (χ1n) is 8.47. The molecule has 0 aromatic heterocycles. The van der Waals surface area contributed by atoms with E-state index in [1.54, 1.807) is 23.1 Å². The average Bonchev–Trinajstić information content (AvgIpc) is 3.11. The second-order valence-corrected chi connectivity index (χ2v) is 8.26. The van der Waals surface area contributed by atoms with E-state index >= 15 is 0 Å². The highest BCUT2D eigenvalue weighted by atomic mass is 32.2.